The van der Waals surface area contributed by atoms with E-state index in [1.807, 2.05) is 18.9 Å². The normalized spacial score (nSPS) is 23.7. The standard InChI is InChI=1S/C17H27NO4S2/c1-4-6-11-18(3)16-12-23(19,20)13-17(16)24(21,22)15-9-7-14(5-2)8-10-15/h7-10,16-17H,4-6,11-13H2,1-3H3/t16-,17-/m0/s1. The number of aryl methyl sites for hydroxylation is 1. The minimum atomic E-state index is -3.67. The van der Waals surface area contributed by atoms with E-state index in [0.717, 1.165) is 24.8 Å². The summed E-state index contributed by atoms with van der Waals surface area (Å²) in [5.74, 6) is -0.365. The van der Waals surface area contributed by atoms with Crippen LogP contribution in [0.5, 0.6) is 0 Å². The van der Waals surface area contributed by atoms with Crippen LogP contribution in [0.4, 0.5) is 0 Å². The number of benzene rings is 1. The molecule has 1 aliphatic rings. The molecule has 1 saturated heterocycles. The predicted molar refractivity (Wildman–Crippen MR) is 96.8 cm³/mol. The Morgan fingerprint density at radius 2 is 1.75 bits per heavy atom. The van der Waals surface area contributed by atoms with Crippen molar-refractivity contribution in [1.82, 2.24) is 4.90 Å². The van der Waals surface area contributed by atoms with Gasteiger partial charge in [-0.15, -0.1) is 0 Å². The summed E-state index contributed by atoms with van der Waals surface area (Å²) < 4.78 is 50.3. The summed E-state index contributed by atoms with van der Waals surface area (Å²) in [7, 11) is -5.19. The molecular weight excluding hydrogens is 346 g/mol. The number of nitrogens with zero attached hydrogens (tertiary/aromatic N) is 1. The van der Waals surface area contributed by atoms with Crippen LogP contribution in [0.15, 0.2) is 29.2 Å². The molecule has 0 saturated carbocycles. The highest BCUT2D eigenvalue weighted by molar-refractivity contribution is 7.96. The molecule has 1 fully saturated rings. The van der Waals surface area contributed by atoms with E-state index in [2.05, 4.69) is 6.92 Å². The number of unbranched alkanes of at least 4 members (excludes halogenated alkanes) is 1. The third kappa shape index (κ3) is 4.18. The van der Waals surface area contributed by atoms with Gasteiger partial charge in [-0.2, -0.15) is 0 Å². The summed E-state index contributed by atoms with van der Waals surface area (Å²) in [6.07, 6.45) is 2.74. The van der Waals surface area contributed by atoms with Crippen LogP contribution in [0, 0.1) is 0 Å². The maximum absolute atomic E-state index is 13.0. The molecule has 2 atom stereocenters. The van der Waals surface area contributed by atoms with Crippen molar-refractivity contribution in [2.24, 2.45) is 0 Å². The average molecular weight is 374 g/mol. The second-order valence-electron chi connectivity index (χ2n) is 6.56. The van der Waals surface area contributed by atoms with Gasteiger partial charge in [-0.05, 0) is 44.1 Å². The lowest BCUT2D eigenvalue weighted by Gasteiger charge is -2.28. The second kappa shape index (κ2) is 7.54. The van der Waals surface area contributed by atoms with Crippen molar-refractivity contribution in [3.63, 3.8) is 0 Å². The van der Waals surface area contributed by atoms with Crippen LogP contribution in [0.25, 0.3) is 0 Å². The highest BCUT2D eigenvalue weighted by atomic mass is 32.2. The quantitative estimate of drug-likeness (QED) is 0.730. The van der Waals surface area contributed by atoms with Crippen molar-refractivity contribution in [2.75, 3.05) is 25.1 Å². The first-order valence-electron chi connectivity index (χ1n) is 8.44. The topological polar surface area (TPSA) is 71.5 Å². The zero-order chi connectivity index (χ0) is 18.0. The van der Waals surface area contributed by atoms with Gasteiger partial charge < -0.3 is 4.90 Å². The fourth-order valence-corrected chi connectivity index (χ4v) is 8.08. The summed E-state index contributed by atoms with van der Waals surface area (Å²) in [6.45, 7) is 4.77. The van der Waals surface area contributed by atoms with Crippen molar-refractivity contribution >= 4 is 19.7 Å². The number of hydrogen-bond acceptors (Lipinski definition) is 5. The Labute approximate surface area is 145 Å². The van der Waals surface area contributed by atoms with E-state index in [9.17, 15) is 16.8 Å². The predicted octanol–water partition coefficient (Wildman–Crippen LogP) is 1.92. The molecular formula is C17H27NO4S2. The second-order valence-corrected chi connectivity index (χ2v) is 10.9. The third-order valence-corrected chi connectivity index (χ3v) is 8.90. The van der Waals surface area contributed by atoms with E-state index in [4.69, 9.17) is 0 Å². The molecule has 0 unspecified atom stereocenters. The first-order valence-corrected chi connectivity index (χ1v) is 11.8. The first-order chi connectivity index (χ1) is 11.2. The van der Waals surface area contributed by atoms with Gasteiger partial charge in [0, 0.05) is 6.04 Å². The Hall–Kier alpha value is -0.920. The molecule has 24 heavy (non-hydrogen) atoms. The minimum absolute atomic E-state index is 0.0792. The fraction of sp³-hybridized carbons (Fsp3) is 0.647. The Kier molecular flexibility index (Phi) is 6.09. The van der Waals surface area contributed by atoms with E-state index < -0.39 is 31.0 Å². The van der Waals surface area contributed by atoms with Crippen molar-refractivity contribution < 1.29 is 16.8 Å². The summed E-state index contributed by atoms with van der Waals surface area (Å²) in [5, 5.41) is -0.892. The van der Waals surface area contributed by atoms with Gasteiger partial charge in [0.25, 0.3) is 0 Å². The summed E-state index contributed by atoms with van der Waals surface area (Å²) in [5.41, 5.74) is 1.06. The number of sulfone groups is 2. The maximum Gasteiger partial charge on any atom is 0.183 e. The van der Waals surface area contributed by atoms with Crippen LogP contribution in [0.3, 0.4) is 0 Å². The van der Waals surface area contributed by atoms with E-state index in [0.29, 0.717) is 6.54 Å². The first kappa shape index (κ1) is 19.4. The van der Waals surface area contributed by atoms with Gasteiger partial charge in [-0.3, -0.25) is 0 Å². The van der Waals surface area contributed by atoms with Crippen LogP contribution < -0.4 is 0 Å². The van der Waals surface area contributed by atoms with Gasteiger partial charge in [-0.1, -0.05) is 32.4 Å². The minimum Gasteiger partial charge on any atom is -0.301 e. The molecule has 0 N–H and O–H groups in total. The Morgan fingerprint density at radius 1 is 1.12 bits per heavy atom. The lowest BCUT2D eigenvalue weighted by atomic mass is 10.2. The van der Waals surface area contributed by atoms with Crippen LogP contribution in [-0.4, -0.2) is 58.1 Å². The molecule has 0 radical (unpaired) electrons. The molecule has 7 heteroatoms. The Morgan fingerprint density at radius 3 is 2.29 bits per heavy atom. The molecule has 0 spiro atoms. The molecule has 0 aliphatic carbocycles. The molecule has 0 aromatic heterocycles. The van der Waals surface area contributed by atoms with Crippen LogP contribution in [0.1, 0.15) is 32.3 Å². The monoisotopic (exact) mass is 373 g/mol. The lowest BCUT2D eigenvalue weighted by molar-refractivity contribution is 0.259. The molecule has 1 aromatic carbocycles. The van der Waals surface area contributed by atoms with Gasteiger partial charge in [0.2, 0.25) is 0 Å². The molecule has 1 aliphatic heterocycles. The van der Waals surface area contributed by atoms with Crippen molar-refractivity contribution in [3.8, 4) is 0 Å². The van der Waals surface area contributed by atoms with E-state index in [1.165, 1.54) is 0 Å². The smallest absolute Gasteiger partial charge is 0.183 e. The molecule has 136 valence electrons. The Bertz CT molecular complexity index is 754. The molecule has 0 amide bonds. The van der Waals surface area contributed by atoms with Gasteiger partial charge in [-0.25, -0.2) is 16.8 Å². The van der Waals surface area contributed by atoms with Crippen molar-refractivity contribution in [3.05, 3.63) is 29.8 Å². The summed E-state index contributed by atoms with van der Waals surface area (Å²) in [6, 6.07) is 6.32. The van der Waals surface area contributed by atoms with Gasteiger partial charge in [0.15, 0.2) is 19.7 Å². The third-order valence-electron chi connectivity index (χ3n) is 4.76. The number of hydrogen-bond donors (Lipinski definition) is 0. The maximum atomic E-state index is 13.0. The number of rotatable bonds is 7. The fourth-order valence-electron chi connectivity index (χ4n) is 3.17. The highest BCUT2D eigenvalue weighted by Crippen LogP contribution is 2.29. The zero-order valence-electron chi connectivity index (χ0n) is 14.6. The van der Waals surface area contributed by atoms with Gasteiger partial charge in [0.05, 0.1) is 21.7 Å². The molecule has 5 nitrogen and oxygen atoms in total. The highest BCUT2D eigenvalue weighted by Gasteiger charge is 2.47. The van der Waals surface area contributed by atoms with Crippen molar-refractivity contribution in [1.29, 1.82) is 0 Å². The average Bonchev–Trinajstić information content (AvgIpc) is 2.89. The van der Waals surface area contributed by atoms with Crippen molar-refractivity contribution in [2.45, 2.75) is 49.3 Å². The van der Waals surface area contributed by atoms with Gasteiger partial charge in [0.1, 0.15) is 0 Å². The lowest BCUT2D eigenvalue weighted by Crippen LogP contribution is -2.44. The van der Waals surface area contributed by atoms with E-state index in [1.54, 1.807) is 24.3 Å². The van der Waals surface area contributed by atoms with Crippen LogP contribution >= 0.6 is 0 Å². The largest absolute Gasteiger partial charge is 0.301 e. The van der Waals surface area contributed by atoms with Crippen LogP contribution in [0.2, 0.25) is 0 Å². The SMILES string of the molecule is CCCCN(C)[C@H]1CS(=O)(=O)C[C@@H]1S(=O)(=O)c1ccc(CC)cc1. The van der Waals surface area contributed by atoms with Gasteiger partial charge >= 0.3 is 0 Å². The molecule has 1 heterocycles. The van der Waals surface area contributed by atoms with Crippen LogP contribution in [-0.2, 0) is 26.1 Å². The summed E-state index contributed by atoms with van der Waals surface area (Å²) >= 11 is 0. The van der Waals surface area contributed by atoms with E-state index in [-0.39, 0.29) is 16.4 Å². The molecule has 0 bridgehead atoms. The van der Waals surface area contributed by atoms with E-state index >= 15 is 0 Å². The molecule has 1 aromatic rings. The zero-order valence-corrected chi connectivity index (χ0v) is 16.2. The summed E-state index contributed by atoms with van der Waals surface area (Å²) in [4.78, 5) is 2.12. The molecule has 2 rings (SSSR count). The Balaban J connectivity index is 2.33.